The van der Waals surface area contributed by atoms with Gasteiger partial charge in [0.05, 0.1) is 11.7 Å². The molecular formula is C13H24N2O4S. The molecule has 1 heterocycles. The SMILES string of the molecule is CSCC[C@](C)(O)CNC(=O)C(=O)NC[C@@H]1CCCO1. The van der Waals surface area contributed by atoms with Crippen LogP contribution in [0.2, 0.25) is 0 Å². The molecule has 116 valence electrons. The number of hydrogen-bond acceptors (Lipinski definition) is 5. The summed E-state index contributed by atoms with van der Waals surface area (Å²) < 4.78 is 5.35. The minimum atomic E-state index is -0.993. The van der Waals surface area contributed by atoms with Crippen molar-refractivity contribution in [2.24, 2.45) is 0 Å². The number of nitrogens with one attached hydrogen (secondary N) is 2. The van der Waals surface area contributed by atoms with Crippen molar-refractivity contribution in [2.45, 2.75) is 37.9 Å². The van der Waals surface area contributed by atoms with Gasteiger partial charge in [-0.2, -0.15) is 11.8 Å². The highest BCUT2D eigenvalue weighted by Crippen LogP contribution is 2.11. The molecule has 0 unspecified atom stereocenters. The number of carbonyl (C=O) groups is 2. The Balaban J connectivity index is 2.21. The van der Waals surface area contributed by atoms with Gasteiger partial charge in [-0.15, -0.1) is 0 Å². The van der Waals surface area contributed by atoms with Gasteiger partial charge >= 0.3 is 11.8 Å². The summed E-state index contributed by atoms with van der Waals surface area (Å²) in [5.74, 6) is -0.595. The van der Waals surface area contributed by atoms with Crippen LogP contribution in [0, 0.1) is 0 Å². The quantitative estimate of drug-likeness (QED) is 0.572. The summed E-state index contributed by atoms with van der Waals surface area (Å²) in [5, 5.41) is 15.0. The molecule has 0 saturated carbocycles. The highest BCUT2D eigenvalue weighted by atomic mass is 32.2. The lowest BCUT2D eigenvalue weighted by Gasteiger charge is -2.23. The Morgan fingerprint density at radius 2 is 2.10 bits per heavy atom. The van der Waals surface area contributed by atoms with Crippen molar-refractivity contribution >= 4 is 23.6 Å². The van der Waals surface area contributed by atoms with Crippen LogP contribution in [-0.4, -0.2) is 60.3 Å². The van der Waals surface area contributed by atoms with Crippen LogP contribution in [0.15, 0.2) is 0 Å². The highest BCUT2D eigenvalue weighted by Gasteiger charge is 2.23. The van der Waals surface area contributed by atoms with Gasteiger partial charge < -0.3 is 20.5 Å². The molecule has 0 radical (unpaired) electrons. The molecule has 6 nitrogen and oxygen atoms in total. The predicted molar refractivity (Wildman–Crippen MR) is 78.6 cm³/mol. The zero-order chi connectivity index (χ0) is 15.0. The molecule has 0 spiro atoms. The van der Waals surface area contributed by atoms with E-state index in [-0.39, 0.29) is 12.6 Å². The van der Waals surface area contributed by atoms with Gasteiger partial charge in [0.1, 0.15) is 0 Å². The Morgan fingerprint density at radius 3 is 2.70 bits per heavy atom. The summed E-state index contributed by atoms with van der Waals surface area (Å²) in [6, 6.07) is 0. The van der Waals surface area contributed by atoms with Gasteiger partial charge in [0.2, 0.25) is 0 Å². The van der Waals surface area contributed by atoms with E-state index in [1.165, 1.54) is 0 Å². The minimum absolute atomic E-state index is 0.0106. The summed E-state index contributed by atoms with van der Waals surface area (Å²) in [6.45, 7) is 2.79. The van der Waals surface area contributed by atoms with Crippen LogP contribution in [0.25, 0.3) is 0 Å². The summed E-state index contributed by atoms with van der Waals surface area (Å²) in [7, 11) is 0. The van der Waals surface area contributed by atoms with E-state index in [0.717, 1.165) is 18.6 Å². The molecular weight excluding hydrogens is 280 g/mol. The summed E-state index contributed by atoms with van der Waals surface area (Å²) >= 11 is 1.63. The van der Waals surface area contributed by atoms with Crippen molar-refractivity contribution in [1.82, 2.24) is 10.6 Å². The second-order valence-corrected chi connectivity index (χ2v) is 6.25. The first-order valence-electron chi connectivity index (χ1n) is 6.83. The lowest BCUT2D eigenvalue weighted by Crippen LogP contribution is -2.47. The largest absolute Gasteiger partial charge is 0.388 e. The van der Waals surface area contributed by atoms with Gasteiger partial charge in [-0.05, 0) is 38.2 Å². The van der Waals surface area contributed by atoms with Gasteiger partial charge in [0.15, 0.2) is 0 Å². The Morgan fingerprint density at radius 1 is 1.40 bits per heavy atom. The number of hydrogen-bond donors (Lipinski definition) is 3. The summed E-state index contributed by atoms with van der Waals surface area (Å²) in [4.78, 5) is 23.2. The molecule has 1 aliphatic heterocycles. The van der Waals surface area contributed by atoms with Gasteiger partial charge in [0.25, 0.3) is 0 Å². The van der Waals surface area contributed by atoms with Gasteiger partial charge in [-0.3, -0.25) is 9.59 Å². The highest BCUT2D eigenvalue weighted by molar-refractivity contribution is 7.98. The molecule has 1 rings (SSSR count). The number of aliphatic hydroxyl groups is 1. The van der Waals surface area contributed by atoms with Gasteiger partial charge in [0, 0.05) is 19.7 Å². The van der Waals surface area contributed by atoms with Crippen molar-refractivity contribution in [2.75, 3.05) is 31.7 Å². The Hall–Kier alpha value is -0.790. The number of ether oxygens (including phenoxy) is 1. The minimum Gasteiger partial charge on any atom is -0.388 e. The number of thioether (sulfide) groups is 1. The second kappa shape index (κ2) is 8.49. The van der Waals surface area contributed by atoms with Gasteiger partial charge in [-0.1, -0.05) is 0 Å². The van der Waals surface area contributed by atoms with Crippen molar-refractivity contribution in [3.8, 4) is 0 Å². The average molecular weight is 304 g/mol. The third-order valence-electron chi connectivity index (χ3n) is 3.20. The van der Waals surface area contributed by atoms with Crippen LogP contribution < -0.4 is 10.6 Å². The molecule has 2 amide bonds. The van der Waals surface area contributed by atoms with Crippen LogP contribution in [0.1, 0.15) is 26.2 Å². The maximum absolute atomic E-state index is 11.6. The lowest BCUT2D eigenvalue weighted by molar-refractivity contribution is -0.140. The average Bonchev–Trinajstić information content (AvgIpc) is 2.93. The molecule has 2 atom stereocenters. The van der Waals surface area contributed by atoms with Crippen molar-refractivity contribution < 1.29 is 19.4 Å². The zero-order valence-corrected chi connectivity index (χ0v) is 12.9. The number of carbonyl (C=O) groups excluding carboxylic acids is 2. The predicted octanol–water partition coefficient (Wildman–Crippen LogP) is -0.0981. The molecule has 3 N–H and O–H groups in total. The topological polar surface area (TPSA) is 87.7 Å². The fourth-order valence-corrected chi connectivity index (χ4v) is 2.50. The Kier molecular flexibility index (Phi) is 7.32. The lowest BCUT2D eigenvalue weighted by atomic mass is 10.0. The monoisotopic (exact) mass is 304 g/mol. The summed E-state index contributed by atoms with van der Waals surface area (Å²) in [6.07, 6.45) is 4.42. The fourth-order valence-electron chi connectivity index (χ4n) is 1.85. The van der Waals surface area contributed by atoms with Crippen molar-refractivity contribution in [1.29, 1.82) is 0 Å². The standard InChI is InChI=1S/C13H24N2O4S/c1-13(18,5-7-20-2)9-15-12(17)11(16)14-8-10-4-3-6-19-10/h10,18H,3-9H2,1-2H3,(H,14,16)(H,15,17)/t10-,13-/m0/s1. The Labute approximate surface area is 124 Å². The third-order valence-corrected chi connectivity index (χ3v) is 3.81. The van der Waals surface area contributed by atoms with Crippen LogP contribution in [0.4, 0.5) is 0 Å². The van der Waals surface area contributed by atoms with E-state index in [9.17, 15) is 14.7 Å². The van der Waals surface area contributed by atoms with Crippen LogP contribution in [0.5, 0.6) is 0 Å². The first-order chi connectivity index (χ1) is 9.44. The van der Waals surface area contributed by atoms with Crippen LogP contribution >= 0.6 is 11.8 Å². The molecule has 1 aliphatic rings. The fraction of sp³-hybridized carbons (Fsp3) is 0.846. The van der Waals surface area contributed by atoms with Gasteiger partial charge in [-0.25, -0.2) is 0 Å². The molecule has 7 heteroatoms. The van der Waals surface area contributed by atoms with E-state index in [1.807, 2.05) is 6.26 Å². The third kappa shape index (κ3) is 6.58. The maximum atomic E-state index is 11.6. The van der Waals surface area contributed by atoms with E-state index in [2.05, 4.69) is 10.6 Å². The Bertz CT molecular complexity index is 330. The maximum Gasteiger partial charge on any atom is 0.309 e. The molecule has 20 heavy (non-hydrogen) atoms. The van der Waals surface area contributed by atoms with Crippen LogP contribution in [0.3, 0.4) is 0 Å². The molecule has 0 aromatic heterocycles. The summed E-state index contributed by atoms with van der Waals surface area (Å²) in [5.41, 5.74) is -0.993. The van der Waals surface area contributed by atoms with E-state index in [1.54, 1.807) is 18.7 Å². The zero-order valence-electron chi connectivity index (χ0n) is 12.1. The van der Waals surface area contributed by atoms with E-state index < -0.39 is 17.4 Å². The number of rotatable bonds is 7. The second-order valence-electron chi connectivity index (χ2n) is 5.27. The molecule has 0 aliphatic carbocycles. The molecule has 1 saturated heterocycles. The van der Waals surface area contributed by atoms with Crippen molar-refractivity contribution in [3.63, 3.8) is 0 Å². The number of amides is 2. The molecule has 1 fully saturated rings. The van der Waals surface area contributed by atoms with Crippen LogP contribution in [-0.2, 0) is 14.3 Å². The van der Waals surface area contributed by atoms with E-state index in [4.69, 9.17) is 4.74 Å². The molecule has 0 bridgehead atoms. The van der Waals surface area contributed by atoms with Crippen molar-refractivity contribution in [3.05, 3.63) is 0 Å². The smallest absolute Gasteiger partial charge is 0.309 e. The normalized spacial score (nSPS) is 21.2. The molecule has 0 aromatic rings. The first-order valence-corrected chi connectivity index (χ1v) is 8.23. The molecule has 0 aromatic carbocycles. The first kappa shape index (κ1) is 17.3. The van der Waals surface area contributed by atoms with E-state index >= 15 is 0 Å². The van der Waals surface area contributed by atoms with E-state index in [0.29, 0.717) is 19.6 Å².